The van der Waals surface area contributed by atoms with Crippen LogP contribution in [0.4, 0.5) is 5.69 Å². The second-order valence-electron chi connectivity index (χ2n) is 7.54. The van der Waals surface area contributed by atoms with Crippen molar-refractivity contribution in [1.82, 2.24) is 4.90 Å². The van der Waals surface area contributed by atoms with Gasteiger partial charge in [0.15, 0.2) is 0 Å². The summed E-state index contributed by atoms with van der Waals surface area (Å²) in [5, 5.41) is 3.25. The minimum absolute atomic E-state index is 0.185. The SMILES string of the molecule is COc1ccc(C2=C(Nc3cc(C)ccc3C)C(=O)N(CC(C)C)C2=O)cc1. The summed E-state index contributed by atoms with van der Waals surface area (Å²) in [5.74, 6) is 0.330. The topological polar surface area (TPSA) is 58.6 Å². The van der Waals surface area contributed by atoms with E-state index in [1.807, 2.05) is 58.0 Å². The molecule has 2 aromatic carbocycles. The third kappa shape index (κ3) is 3.79. The Balaban J connectivity index is 2.09. The van der Waals surface area contributed by atoms with Gasteiger partial charge < -0.3 is 10.1 Å². The summed E-state index contributed by atoms with van der Waals surface area (Å²) in [5.41, 5.74) is 4.33. The predicted molar refractivity (Wildman–Crippen MR) is 111 cm³/mol. The van der Waals surface area contributed by atoms with Crippen LogP contribution in [0.5, 0.6) is 5.75 Å². The zero-order valence-corrected chi connectivity index (χ0v) is 17.0. The third-order valence-corrected chi connectivity index (χ3v) is 4.75. The molecular formula is C23H26N2O3. The Morgan fingerprint density at radius 3 is 2.29 bits per heavy atom. The van der Waals surface area contributed by atoms with E-state index >= 15 is 0 Å². The molecule has 28 heavy (non-hydrogen) atoms. The van der Waals surface area contributed by atoms with Gasteiger partial charge in [0.05, 0.1) is 12.7 Å². The molecule has 0 atom stereocenters. The number of aryl methyl sites for hydroxylation is 2. The van der Waals surface area contributed by atoms with E-state index in [1.165, 1.54) is 4.90 Å². The Hall–Kier alpha value is -3.08. The van der Waals surface area contributed by atoms with Gasteiger partial charge in [0.1, 0.15) is 11.4 Å². The highest BCUT2D eigenvalue weighted by Gasteiger charge is 2.39. The summed E-state index contributed by atoms with van der Waals surface area (Å²) in [6, 6.07) is 13.2. The molecule has 3 rings (SSSR count). The van der Waals surface area contributed by atoms with Crippen molar-refractivity contribution in [2.24, 2.45) is 5.92 Å². The minimum Gasteiger partial charge on any atom is -0.497 e. The number of carbonyl (C=O) groups excluding carboxylic acids is 2. The van der Waals surface area contributed by atoms with Crippen LogP contribution in [-0.4, -0.2) is 30.4 Å². The average Bonchev–Trinajstić information content (AvgIpc) is 2.89. The summed E-state index contributed by atoms with van der Waals surface area (Å²) >= 11 is 0. The Morgan fingerprint density at radius 2 is 1.68 bits per heavy atom. The summed E-state index contributed by atoms with van der Waals surface area (Å²) < 4.78 is 5.21. The summed E-state index contributed by atoms with van der Waals surface area (Å²) in [4.78, 5) is 27.6. The van der Waals surface area contributed by atoms with Crippen molar-refractivity contribution in [3.05, 3.63) is 64.9 Å². The number of imide groups is 1. The maximum atomic E-state index is 13.1. The summed E-state index contributed by atoms with van der Waals surface area (Å²) in [6.07, 6.45) is 0. The van der Waals surface area contributed by atoms with Gasteiger partial charge in [-0.25, -0.2) is 0 Å². The van der Waals surface area contributed by atoms with Crippen LogP contribution < -0.4 is 10.1 Å². The van der Waals surface area contributed by atoms with Crippen LogP contribution in [0.2, 0.25) is 0 Å². The van der Waals surface area contributed by atoms with Gasteiger partial charge in [0.25, 0.3) is 11.8 Å². The number of nitrogens with zero attached hydrogens (tertiary/aromatic N) is 1. The predicted octanol–water partition coefficient (Wildman–Crippen LogP) is 4.16. The number of carbonyl (C=O) groups is 2. The first-order valence-electron chi connectivity index (χ1n) is 9.41. The lowest BCUT2D eigenvalue weighted by molar-refractivity contribution is -0.137. The van der Waals surface area contributed by atoms with E-state index in [4.69, 9.17) is 4.74 Å². The first kappa shape index (κ1) is 19.7. The lowest BCUT2D eigenvalue weighted by Crippen LogP contribution is -2.35. The minimum atomic E-state index is -0.287. The van der Waals surface area contributed by atoms with Crippen LogP contribution in [0.25, 0.3) is 5.57 Å². The molecule has 1 aliphatic rings. The highest BCUT2D eigenvalue weighted by molar-refractivity contribution is 6.36. The van der Waals surface area contributed by atoms with Gasteiger partial charge in [-0.2, -0.15) is 0 Å². The number of benzene rings is 2. The molecule has 1 heterocycles. The Labute approximate surface area is 166 Å². The fraction of sp³-hybridized carbons (Fsp3) is 0.304. The lowest BCUT2D eigenvalue weighted by Gasteiger charge is -2.17. The molecule has 0 aliphatic carbocycles. The van der Waals surface area contributed by atoms with Crippen LogP contribution in [0, 0.1) is 19.8 Å². The third-order valence-electron chi connectivity index (χ3n) is 4.75. The van der Waals surface area contributed by atoms with Crippen molar-refractivity contribution in [3.8, 4) is 5.75 Å². The molecule has 0 bridgehead atoms. The second kappa shape index (κ2) is 7.89. The molecular weight excluding hydrogens is 352 g/mol. The monoisotopic (exact) mass is 378 g/mol. The standard InChI is InChI=1S/C23H26N2O3/c1-14(2)13-25-22(26)20(17-8-10-18(28-5)11-9-17)21(23(25)27)24-19-12-15(3)6-7-16(19)4/h6-12,14,24H,13H2,1-5H3. The first-order chi connectivity index (χ1) is 13.3. The molecule has 0 saturated carbocycles. The Bertz CT molecular complexity index is 943. The maximum Gasteiger partial charge on any atom is 0.278 e. The van der Waals surface area contributed by atoms with Crippen molar-refractivity contribution < 1.29 is 14.3 Å². The fourth-order valence-corrected chi connectivity index (χ4v) is 3.25. The van der Waals surface area contributed by atoms with Crippen LogP contribution in [-0.2, 0) is 9.59 Å². The number of rotatable bonds is 6. The van der Waals surface area contributed by atoms with Gasteiger partial charge >= 0.3 is 0 Å². The van der Waals surface area contributed by atoms with Crippen LogP contribution in [0.3, 0.4) is 0 Å². The average molecular weight is 378 g/mol. The molecule has 0 fully saturated rings. The number of amides is 2. The molecule has 0 aromatic heterocycles. The highest BCUT2D eigenvalue weighted by atomic mass is 16.5. The molecule has 0 unspecified atom stereocenters. The van der Waals surface area contributed by atoms with Crippen molar-refractivity contribution in [2.45, 2.75) is 27.7 Å². The quantitative estimate of drug-likeness (QED) is 0.767. The van der Waals surface area contributed by atoms with E-state index < -0.39 is 0 Å². The molecule has 5 nitrogen and oxygen atoms in total. The van der Waals surface area contributed by atoms with Crippen molar-refractivity contribution >= 4 is 23.1 Å². The van der Waals surface area contributed by atoms with Gasteiger partial charge in [-0.05, 0) is 54.7 Å². The van der Waals surface area contributed by atoms with E-state index in [-0.39, 0.29) is 17.7 Å². The number of nitrogens with one attached hydrogen (secondary N) is 1. The number of anilines is 1. The highest BCUT2D eigenvalue weighted by Crippen LogP contribution is 2.32. The van der Waals surface area contributed by atoms with Crippen LogP contribution in [0.1, 0.15) is 30.5 Å². The molecule has 0 saturated heterocycles. The zero-order valence-electron chi connectivity index (χ0n) is 17.0. The molecule has 2 aromatic rings. The fourth-order valence-electron chi connectivity index (χ4n) is 3.25. The van der Waals surface area contributed by atoms with E-state index in [0.29, 0.717) is 29.1 Å². The maximum absolute atomic E-state index is 13.1. The Morgan fingerprint density at radius 1 is 1.00 bits per heavy atom. The Kier molecular flexibility index (Phi) is 5.54. The van der Waals surface area contributed by atoms with E-state index in [0.717, 1.165) is 16.8 Å². The van der Waals surface area contributed by atoms with E-state index in [9.17, 15) is 9.59 Å². The summed E-state index contributed by atoms with van der Waals surface area (Å²) in [6.45, 7) is 8.33. The molecule has 0 spiro atoms. The smallest absolute Gasteiger partial charge is 0.278 e. The second-order valence-corrected chi connectivity index (χ2v) is 7.54. The van der Waals surface area contributed by atoms with Crippen LogP contribution in [0.15, 0.2) is 48.2 Å². The number of methoxy groups -OCH3 is 1. The van der Waals surface area contributed by atoms with Crippen molar-refractivity contribution in [3.63, 3.8) is 0 Å². The van der Waals surface area contributed by atoms with Crippen LogP contribution >= 0.6 is 0 Å². The molecule has 146 valence electrons. The van der Waals surface area contributed by atoms with Gasteiger partial charge in [-0.1, -0.05) is 38.1 Å². The van der Waals surface area contributed by atoms with E-state index in [2.05, 4.69) is 5.32 Å². The lowest BCUT2D eigenvalue weighted by atomic mass is 10.0. The molecule has 0 radical (unpaired) electrons. The first-order valence-corrected chi connectivity index (χ1v) is 9.41. The molecule has 1 N–H and O–H groups in total. The van der Waals surface area contributed by atoms with E-state index in [1.54, 1.807) is 19.2 Å². The largest absolute Gasteiger partial charge is 0.497 e. The number of hydrogen-bond donors (Lipinski definition) is 1. The number of ether oxygens (including phenoxy) is 1. The summed E-state index contributed by atoms with van der Waals surface area (Å²) in [7, 11) is 1.59. The van der Waals surface area contributed by atoms with Gasteiger partial charge in [0.2, 0.25) is 0 Å². The molecule has 5 heteroatoms. The van der Waals surface area contributed by atoms with Crippen molar-refractivity contribution in [2.75, 3.05) is 19.0 Å². The molecule has 2 amide bonds. The molecule has 1 aliphatic heterocycles. The van der Waals surface area contributed by atoms with Gasteiger partial charge in [-0.15, -0.1) is 0 Å². The normalized spacial score (nSPS) is 14.3. The van der Waals surface area contributed by atoms with Crippen molar-refractivity contribution in [1.29, 1.82) is 0 Å². The van der Waals surface area contributed by atoms with Gasteiger partial charge in [-0.3, -0.25) is 14.5 Å². The zero-order chi connectivity index (χ0) is 20.4. The number of hydrogen-bond acceptors (Lipinski definition) is 4. The van der Waals surface area contributed by atoms with Gasteiger partial charge in [0, 0.05) is 12.2 Å².